The molecule has 0 saturated carbocycles. The molecule has 8 heteroatoms. The van der Waals surface area contributed by atoms with Crippen molar-refractivity contribution in [1.82, 2.24) is 19.9 Å². The van der Waals surface area contributed by atoms with E-state index in [1.807, 2.05) is 52.8 Å². The normalized spacial score (nSPS) is 12.3. The summed E-state index contributed by atoms with van der Waals surface area (Å²) in [6.45, 7) is 9.57. The fraction of sp³-hybridized carbons (Fsp3) is 0.318. The van der Waals surface area contributed by atoms with Crippen molar-refractivity contribution < 1.29 is 9.59 Å². The van der Waals surface area contributed by atoms with Crippen molar-refractivity contribution in [2.24, 2.45) is 0 Å². The first-order valence-corrected chi connectivity index (χ1v) is 10.4. The zero-order valence-corrected chi connectivity index (χ0v) is 18.5. The lowest BCUT2D eigenvalue weighted by Crippen LogP contribution is -2.49. The van der Waals surface area contributed by atoms with Gasteiger partial charge in [0, 0.05) is 34.6 Å². The highest BCUT2D eigenvalue weighted by Crippen LogP contribution is 2.32. The van der Waals surface area contributed by atoms with E-state index in [2.05, 4.69) is 19.9 Å². The summed E-state index contributed by atoms with van der Waals surface area (Å²) in [5, 5.41) is 8.55. The Hall–Kier alpha value is -3.13. The maximum atomic E-state index is 13.6. The number of hydrogen-bond donors (Lipinski definition) is 1. The maximum absolute atomic E-state index is 13.6. The lowest BCUT2D eigenvalue weighted by molar-refractivity contribution is -0.123. The van der Waals surface area contributed by atoms with E-state index in [1.165, 1.54) is 4.90 Å². The molecule has 2 heterocycles. The minimum atomic E-state index is -0.923. The van der Waals surface area contributed by atoms with Crippen LogP contribution in [-0.2, 0) is 4.79 Å². The third-order valence-corrected chi connectivity index (χ3v) is 4.93. The average Bonchev–Trinajstić information content (AvgIpc) is 3.21. The first-order valence-electron chi connectivity index (χ1n) is 9.57. The summed E-state index contributed by atoms with van der Waals surface area (Å²) in [5.74, 6) is -0.691. The van der Waals surface area contributed by atoms with Gasteiger partial charge in [-0.2, -0.15) is 0 Å². The van der Waals surface area contributed by atoms with Gasteiger partial charge in [-0.3, -0.25) is 19.5 Å². The zero-order valence-electron chi connectivity index (χ0n) is 17.7. The van der Waals surface area contributed by atoms with E-state index >= 15 is 0 Å². The average molecular weight is 424 g/mol. The molecule has 0 aliphatic rings. The molecular weight excluding hydrogens is 398 g/mol. The Morgan fingerprint density at radius 2 is 1.93 bits per heavy atom. The fourth-order valence-electron chi connectivity index (χ4n) is 3.12. The first-order chi connectivity index (χ1) is 14.2. The largest absolute Gasteiger partial charge is 0.349 e. The topological polar surface area (TPSA) is 88.1 Å². The van der Waals surface area contributed by atoms with Gasteiger partial charge >= 0.3 is 0 Å². The summed E-state index contributed by atoms with van der Waals surface area (Å²) in [7, 11) is 0. The number of carbonyl (C=O) groups excluding carboxylic acids is 2. The Morgan fingerprint density at radius 3 is 2.53 bits per heavy atom. The number of rotatable bonds is 5. The van der Waals surface area contributed by atoms with Crippen LogP contribution >= 0.6 is 11.5 Å². The molecule has 1 unspecified atom stereocenters. The molecule has 0 fully saturated rings. The molecule has 1 aromatic carbocycles. The van der Waals surface area contributed by atoms with Crippen molar-refractivity contribution >= 4 is 29.0 Å². The second-order valence-electron chi connectivity index (χ2n) is 8.18. The number of carbonyl (C=O) groups is 2. The number of anilines is 1. The summed E-state index contributed by atoms with van der Waals surface area (Å²) in [6.07, 6.45) is 3.24. The number of aryl methyl sites for hydroxylation is 2. The molecule has 3 rings (SSSR count). The molecule has 0 aliphatic carbocycles. The molecular formula is C22H25N5O2S. The highest BCUT2D eigenvalue weighted by Gasteiger charge is 2.36. The third kappa shape index (κ3) is 4.88. The van der Waals surface area contributed by atoms with Crippen LogP contribution in [0.1, 0.15) is 54.0 Å². The predicted octanol–water partition coefficient (Wildman–Crippen LogP) is 3.85. The molecule has 1 atom stereocenters. The van der Waals surface area contributed by atoms with Crippen LogP contribution in [0.3, 0.4) is 0 Å². The fourth-order valence-corrected chi connectivity index (χ4v) is 3.55. The maximum Gasteiger partial charge on any atom is 0.280 e. The quantitative estimate of drug-likeness (QED) is 0.673. The summed E-state index contributed by atoms with van der Waals surface area (Å²) in [6, 6.07) is 8.44. The Labute approximate surface area is 180 Å². The lowest BCUT2D eigenvalue weighted by Gasteiger charge is -2.34. The standard InChI is InChI=1S/C22H25N5O2S/c1-14-8-9-15(2)18(11-14)27(21(29)17-13-30-26-25-17)19(16-7-6-10-23-12-16)20(28)24-22(3,4)5/h6-13,19H,1-5H3,(H,24,28). The minimum Gasteiger partial charge on any atom is -0.349 e. The predicted molar refractivity (Wildman–Crippen MR) is 118 cm³/mol. The van der Waals surface area contributed by atoms with Crippen molar-refractivity contribution in [1.29, 1.82) is 0 Å². The molecule has 7 nitrogen and oxygen atoms in total. The Kier molecular flexibility index (Phi) is 6.26. The molecule has 2 amide bonds. The van der Waals surface area contributed by atoms with Gasteiger partial charge in [-0.05, 0) is 69.4 Å². The smallest absolute Gasteiger partial charge is 0.280 e. The minimum absolute atomic E-state index is 0.193. The molecule has 30 heavy (non-hydrogen) atoms. The third-order valence-electron chi connectivity index (χ3n) is 4.43. The highest BCUT2D eigenvalue weighted by molar-refractivity contribution is 7.03. The Morgan fingerprint density at radius 1 is 1.17 bits per heavy atom. The van der Waals surface area contributed by atoms with Gasteiger partial charge in [-0.15, -0.1) is 5.10 Å². The van der Waals surface area contributed by atoms with E-state index in [0.29, 0.717) is 11.3 Å². The van der Waals surface area contributed by atoms with Crippen LogP contribution in [0.4, 0.5) is 5.69 Å². The van der Waals surface area contributed by atoms with Crippen LogP contribution in [0.2, 0.25) is 0 Å². The molecule has 0 aliphatic heterocycles. The van der Waals surface area contributed by atoms with Gasteiger partial charge in [-0.1, -0.05) is 22.7 Å². The Balaban J connectivity index is 2.21. The van der Waals surface area contributed by atoms with Crippen molar-refractivity contribution in [3.8, 4) is 0 Å². The van der Waals surface area contributed by atoms with Gasteiger partial charge < -0.3 is 5.32 Å². The van der Waals surface area contributed by atoms with Crippen LogP contribution in [0.15, 0.2) is 48.1 Å². The molecule has 0 spiro atoms. The second-order valence-corrected chi connectivity index (χ2v) is 8.79. The van der Waals surface area contributed by atoms with Crippen LogP contribution in [-0.4, -0.2) is 31.9 Å². The number of nitrogens with zero attached hydrogens (tertiary/aromatic N) is 4. The first kappa shape index (κ1) is 21.6. The molecule has 0 radical (unpaired) electrons. The summed E-state index contributed by atoms with van der Waals surface area (Å²) < 4.78 is 3.83. The lowest BCUT2D eigenvalue weighted by atomic mass is 10.0. The summed E-state index contributed by atoms with van der Waals surface area (Å²) in [5.41, 5.74) is 2.82. The van der Waals surface area contributed by atoms with Gasteiger partial charge in [0.25, 0.3) is 5.91 Å². The highest BCUT2D eigenvalue weighted by atomic mass is 32.1. The molecule has 1 N–H and O–H groups in total. The second kappa shape index (κ2) is 8.71. The summed E-state index contributed by atoms with van der Waals surface area (Å²) in [4.78, 5) is 32.7. The molecule has 3 aromatic rings. The van der Waals surface area contributed by atoms with E-state index in [0.717, 1.165) is 22.7 Å². The van der Waals surface area contributed by atoms with Gasteiger partial charge in [0.05, 0.1) is 0 Å². The van der Waals surface area contributed by atoms with E-state index in [1.54, 1.807) is 29.9 Å². The SMILES string of the molecule is Cc1ccc(C)c(N(C(=O)c2csnn2)C(C(=O)NC(C)(C)C)c2cccnc2)c1. The number of amides is 2. The van der Waals surface area contributed by atoms with Crippen LogP contribution in [0, 0.1) is 13.8 Å². The number of hydrogen-bond acceptors (Lipinski definition) is 6. The number of benzene rings is 1. The van der Waals surface area contributed by atoms with Crippen molar-refractivity contribution in [2.75, 3.05) is 4.90 Å². The van der Waals surface area contributed by atoms with Crippen molar-refractivity contribution in [2.45, 2.75) is 46.2 Å². The van der Waals surface area contributed by atoms with Gasteiger partial charge in [0.15, 0.2) is 5.69 Å². The Bertz CT molecular complexity index is 1030. The van der Waals surface area contributed by atoms with Gasteiger partial charge in [0.1, 0.15) is 6.04 Å². The van der Waals surface area contributed by atoms with Gasteiger partial charge in [-0.25, -0.2) is 0 Å². The zero-order chi connectivity index (χ0) is 21.9. The summed E-state index contributed by atoms with van der Waals surface area (Å²) >= 11 is 1.09. The van der Waals surface area contributed by atoms with Crippen LogP contribution in [0.25, 0.3) is 0 Å². The van der Waals surface area contributed by atoms with Crippen molar-refractivity contribution in [3.05, 3.63) is 70.5 Å². The number of aromatic nitrogens is 3. The van der Waals surface area contributed by atoms with Crippen LogP contribution in [0.5, 0.6) is 0 Å². The molecule has 156 valence electrons. The van der Waals surface area contributed by atoms with Crippen LogP contribution < -0.4 is 10.2 Å². The van der Waals surface area contributed by atoms with Crippen molar-refractivity contribution in [3.63, 3.8) is 0 Å². The molecule has 0 bridgehead atoms. The molecule has 0 saturated heterocycles. The van der Waals surface area contributed by atoms with E-state index < -0.39 is 17.5 Å². The molecule has 2 aromatic heterocycles. The number of nitrogens with one attached hydrogen (secondary N) is 1. The van der Waals surface area contributed by atoms with E-state index in [-0.39, 0.29) is 11.6 Å². The number of pyridine rings is 1. The van der Waals surface area contributed by atoms with E-state index in [9.17, 15) is 9.59 Å². The monoisotopic (exact) mass is 423 g/mol. The van der Waals surface area contributed by atoms with E-state index in [4.69, 9.17) is 0 Å². The van der Waals surface area contributed by atoms with Gasteiger partial charge in [0.2, 0.25) is 5.91 Å².